The van der Waals surface area contributed by atoms with Crippen molar-refractivity contribution in [2.45, 2.75) is 6.61 Å². The third kappa shape index (κ3) is 2.29. The van der Waals surface area contributed by atoms with Crippen molar-refractivity contribution < 1.29 is 9.90 Å². The van der Waals surface area contributed by atoms with Crippen LogP contribution < -0.4 is 5.32 Å². The number of fused-ring (bicyclic) bond motifs is 1. The van der Waals surface area contributed by atoms with E-state index in [-0.39, 0.29) is 12.5 Å². The van der Waals surface area contributed by atoms with E-state index in [1.54, 1.807) is 30.3 Å². The Morgan fingerprint density at radius 1 is 1.15 bits per heavy atom. The first-order valence-corrected chi connectivity index (χ1v) is 6.35. The van der Waals surface area contributed by atoms with Crippen LogP contribution in [0.3, 0.4) is 0 Å². The third-order valence-corrected chi connectivity index (χ3v) is 3.20. The molecule has 0 spiro atoms. The average molecular weight is 266 g/mol. The summed E-state index contributed by atoms with van der Waals surface area (Å²) in [5.41, 5.74) is 2.86. The van der Waals surface area contributed by atoms with E-state index in [4.69, 9.17) is 5.11 Å². The minimum Gasteiger partial charge on any atom is -0.392 e. The van der Waals surface area contributed by atoms with Gasteiger partial charge in [-0.05, 0) is 29.8 Å². The number of carbonyl (C=O) groups is 1. The van der Waals surface area contributed by atoms with Crippen LogP contribution in [0.1, 0.15) is 15.9 Å². The van der Waals surface area contributed by atoms with Crippen molar-refractivity contribution in [1.29, 1.82) is 0 Å². The number of para-hydroxylation sites is 1. The Morgan fingerprint density at radius 3 is 2.85 bits per heavy atom. The van der Waals surface area contributed by atoms with Crippen molar-refractivity contribution in [3.63, 3.8) is 0 Å². The first-order chi connectivity index (χ1) is 9.78. The Hall–Kier alpha value is -2.59. The van der Waals surface area contributed by atoms with Crippen molar-refractivity contribution in [2.24, 2.45) is 0 Å². The SMILES string of the molecule is O=C(Nc1cccc(CO)c1)c1cccc2cc[nH]c12. The summed E-state index contributed by atoms with van der Waals surface area (Å²) < 4.78 is 0. The van der Waals surface area contributed by atoms with Crippen LogP contribution in [0.4, 0.5) is 5.69 Å². The van der Waals surface area contributed by atoms with Crippen LogP contribution >= 0.6 is 0 Å². The number of aromatic amines is 1. The van der Waals surface area contributed by atoms with E-state index < -0.39 is 0 Å². The summed E-state index contributed by atoms with van der Waals surface area (Å²) in [4.78, 5) is 15.4. The summed E-state index contributed by atoms with van der Waals surface area (Å²) in [7, 11) is 0. The maximum atomic E-state index is 12.3. The number of rotatable bonds is 3. The highest BCUT2D eigenvalue weighted by molar-refractivity contribution is 6.11. The molecule has 1 aromatic heterocycles. The van der Waals surface area contributed by atoms with Gasteiger partial charge in [0.1, 0.15) is 0 Å². The quantitative estimate of drug-likeness (QED) is 0.682. The number of nitrogens with one attached hydrogen (secondary N) is 2. The van der Waals surface area contributed by atoms with E-state index in [1.807, 2.05) is 24.4 Å². The van der Waals surface area contributed by atoms with Gasteiger partial charge in [0.2, 0.25) is 0 Å². The highest BCUT2D eigenvalue weighted by Gasteiger charge is 2.10. The summed E-state index contributed by atoms with van der Waals surface area (Å²) in [6.45, 7) is -0.0457. The van der Waals surface area contributed by atoms with Gasteiger partial charge in [-0.3, -0.25) is 4.79 Å². The second-order valence-corrected chi connectivity index (χ2v) is 4.56. The van der Waals surface area contributed by atoms with Gasteiger partial charge in [0, 0.05) is 17.3 Å². The first kappa shape index (κ1) is 12.4. The molecule has 0 saturated heterocycles. The van der Waals surface area contributed by atoms with Gasteiger partial charge in [-0.2, -0.15) is 0 Å². The van der Waals surface area contributed by atoms with Crippen LogP contribution in [0.2, 0.25) is 0 Å². The minimum atomic E-state index is -0.173. The number of amides is 1. The molecule has 3 rings (SSSR count). The molecule has 0 aliphatic carbocycles. The predicted octanol–water partition coefficient (Wildman–Crippen LogP) is 2.91. The Kier molecular flexibility index (Phi) is 3.23. The first-order valence-electron chi connectivity index (χ1n) is 6.35. The molecule has 0 fully saturated rings. The fourth-order valence-electron chi connectivity index (χ4n) is 2.22. The summed E-state index contributed by atoms with van der Waals surface area (Å²) >= 11 is 0. The molecule has 0 aliphatic rings. The highest BCUT2D eigenvalue weighted by Crippen LogP contribution is 2.19. The van der Waals surface area contributed by atoms with Crippen LogP contribution in [0.25, 0.3) is 10.9 Å². The van der Waals surface area contributed by atoms with E-state index in [9.17, 15) is 4.79 Å². The van der Waals surface area contributed by atoms with Gasteiger partial charge in [-0.25, -0.2) is 0 Å². The monoisotopic (exact) mass is 266 g/mol. The van der Waals surface area contributed by atoms with E-state index in [0.29, 0.717) is 11.3 Å². The summed E-state index contributed by atoms with van der Waals surface area (Å²) in [6.07, 6.45) is 1.81. The van der Waals surface area contributed by atoms with E-state index in [0.717, 1.165) is 16.5 Å². The van der Waals surface area contributed by atoms with Gasteiger partial charge < -0.3 is 15.4 Å². The van der Waals surface area contributed by atoms with Crippen molar-refractivity contribution in [1.82, 2.24) is 4.98 Å². The predicted molar refractivity (Wildman–Crippen MR) is 78.6 cm³/mol. The molecule has 0 atom stereocenters. The van der Waals surface area contributed by atoms with Gasteiger partial charge in [0.25, 0.3) is 5.91 Å². The number of aliphatic hydroxyl groups excluding tert-OH is 1. The summed E-state index contributed by atoms with van der Waals surface area (Å²) in [6, 6.07) is 14.7. The zero-order valence-corrected chi connectivity index (χ0v) is 10.8. The van der Waals surface area contributed by atoms with Crippen molar-refractivity contribution in [3.8, 4) is 0 Å². The molecule has 4 heteroatoms. The number of aliphatic hydroxyl groups is 1. The number of H-pyrrole nitrogens is 1. The molecule has 2 aromatic carbocycles. The molecule has 0 saturated carbocycles. The lowest BCUT2D eigenvalue weighted by molar-refractivity contribution is 0.102. The standard InChI is InChI=1S/C16H14N2O2/c19-10-11-3-1-5-13(9-11)18-16(20)14-6-2-4-12-7-8-17-15(12)14/h1-9,17,19H,10H2,(H,18,20). The number of aromatic nitrogens is 1. The second-order valence-electron chi connectivity index (χ2n) is 4.56. The smallest absolute Gasteiger partial charge is 0.257 e. The van der Waals surface area contributed by atoms with Crippen molar-refractivity contribution in [2.75, 3.05) is 5.32 Å². The maximum absolute atomic E-state index is 12.3. The third-order valence-electron chi connectivity index (χ3n) is 3.20. The number of benzene rings is 2. The fourth-order valence-corrected chi connectivity index (χ4v) is 2.22. The zero-order chi connectivity index (χ0) is 13.9. The maximum Gasteiger partial charge on any atom is 0.257 e. The lowest BCUT2D eigenvalue weighted by Gasteiger charge is -2.07. The topological polar surface area (TPSA) is 65.1 Å². The van der Waals surface area contributed by atoms with Gasteiger partial charge in [-0.1, -0.05) is 24.3 Å². The molecule has 4 nitrogen and oxygen atoms in total. The van der Waals surface area contributed by atoms with E-state index in [2.05, 4.69) is 10.3 Å². The molecule has 0 unspecified atom stereocenters. The highest BCUT2D eigenvalue weighted by atomic mass is 16.3. The number of hydrogen-bond acceptors (Lipinski definition) is 2. The van der Waals surface area contributed by atoms with E-state index >= 15 is 0 Å². The Bertz CT molecular complexity index is 762. The molecule has 0 aliphatic heterocycles. The largest absolute Gasteiger partial charge is 0.392 e. The molecule has 3 aromatic rings. The van der Waals surface area contributed by atoms with Crippen LogP contribution in [0.15, 0.2) is 54.7 Å². The van der Waals surface area contributed by atoms with Gasteiger partial charge >= 0.3 is 0 Å². The molecule has 1 amide bonds. The van der Waals surface area contributed by atoms with Gasteiger partial charge in [-0.15, -0.1) is 0 Å². The minimum absolute atomic E-state index is 0.0457. The average Bonchev–Trinajstić information content (AvgIpc) is 2.95. The van der Waals surface area contributed by atoms with E-state index in [1.165, 1.54) is 0 Å². The Labute approximate surface area is 116 Å². The second kappa shape index (κ2) is 5.19. The summed E-state index contributed by atoms with van der Waals surface area (Å²) in [5.74, 6) is -0.173. The van der Waals surface area contributed by atoms with Crippen molar-refractivity contribution in [3.05, 3.63) is 65.9 Å². The molecule has 20 heavy (non-hydrogen) atoms. The molecule has 1 heterocycles. The fraction of sp³-hybridized carbons (Fsp3) is 0.0625. The zero-order valence-electron chi connectivity index (χ0n) is 10.8. The normalized spacial score (nSPS) is 10.7. The molecular formula is C16H14N2O2. The molecule has 3 N–H and O–H groups in total. The number of carbonyl (C=O) groups excluding carboxylic acids is 1. The van der Waals surface area contributed by atoms with Crippen LogP contribution in [-0.4, -0.2) is 16.0 Å². The Balaban J connectivity index is 1.91. The van der Waals surface area contributed by atoms with Crippen LogP contribution in [0.5, 0.6) is 0 Å². The number of anilines is 1. The summed E-state index contributed by atoms with van der Waals surface area (Å²) in [5, 5.41) is 13.0. The van der Waals surface area contributed by atoms with Crippen LogP contribution in [0, 0.1) is 0 Å². The van der Waals surface area contributed by atoms with Gasteiger partial charge in [0.05, 0.1) is 17.7 Å². The molecule has 100 valence electrons. The molecule has 0 bridgehead atoms. The van der Waals surface area contributed by atoms with Gasteiger partial charge in [0.15, 0.2) is 0 Å². The van der Waals surface area contributed by atoms with Crippen LogP contribution in [-0.2, 0) is 6.61 Å². The number of hydrogen-bond donors (Lipinski definition) is 3. The lowest BCUT2D eigenvalue weighted by Crippen LogP contribution is -2.12. The molecular weight excluding hydrogens is 252 g/mol. The molecule has 0 radical (unpaired) electrons. The lowest BCUT2D eigenvalue weighted by atomic mass is 10.1. The Morgan fingerprint density at radius 2 is 2.00 bits per heavy atom. The van der Waals surface area contributed by atoms with Crippen molar-refractivity contribution >= 4 is 22.5 Å².